The molecule has 0 saturated heterocycles. The maximum atomic E-state index is 13.3. The summed E-state index contributed by atoms with van der Waals surface area (Å²) in [6.07, 6.45) is 2.71. The van der Waals surface area contributed by atoms with Gasteiger partial charge in [-0.25, -0.2) is 4.39 Å². The zero-order valence-electron chi connectivity index (χ0n) is 12.0. The second-order valence-corrected chi connectivity index (χ2v) is 6.87. The van der Waals surface area contributed by atoms with Crippen molar-refractivity contribution < 1.29 is 14.3 Å². The van der Waals surface area contributed by atoms with Gasteiger partial charge in [-0.2, -0.15) is 11.8 Å². The highest BCUT2D eigenvalue weighted by Gasteiger charge is 2.18. The van der Waals surface area contributed by atoms with E-state index in [4.69, 9.17) is 0 Å². The minimum atomic E-state index is -0.302. The molecule has 0 spiro atoms. The summed E-state index contributed by atoms with van der Waals surface area (Å²) in [5, 5.41) is 12.9. The Kier molecular flexibility index (Phi) is 5.61. The molecular formula is C15H18FNO2S2. The van der Waals surface area contributed by atoms with Crippen LogP contribution in [0, 0.1) is 12.7 Å². The van der Waals surface area contributed by atoms with E-state index in [0.717, 1.165) is 27.8 Å². The number of aliphatic hydroxyl groups excluding tert-OH is 1. The predicted molar refractivity (Wildman–Crippen MR) is 87.9 cm³/mol. The van der Waals surface area contributed by atoms with Crippen LogP contribution >= 0.6 is 23.1 Å². The van der Waals surface area contributed by atoms with E-state index in [9.17, 15) is 14.3 Å². The molecular weight excluding hydrogens is 309 g/mol. The smallest absolute Gasteiger partial charge is 0.261 e. The summed E-state index contributed by atoms with van der Waals surface area (Å²) >= 11 is 3.03. The SMILES string of the molecule is CSCC[C@H](CO)NC(=O)c1sc2ccc(F)cc2c1C. The van der Waals surface area contributed by atoms with Crippen LogP contribution in [0.2, 0.25) is 0 Å². The van der Waals surface area contributed by atoms with Crippen molar-refractivity contribution in [2.45, 2.75) is 19.4 Å². The second-order valence-electron chi connectivity index (χ2n) is 4.83. The van der Waals surface area contributed by atoms with E-state index in [0.29, 0.717) is 4.88 Å². The Hall–Kier alpha value is -1.11. The summed E-state index contributed by atoms with van der Waals surface area (Å²) in [5.41, 5.74) is 0.786. The standard InChI is InChI=1S/C15H18FNO2S2/c1-9-12-7-10(16)3-4-13(12)21-14(9)15(19)17-11(8-18)5-6-20-2/h3-4,7,11,18H,5-6,8H2,1-2H3,(H,17,19)/t11-/m1/s1. The van der Waals surface area contributed by atoms with Gasteiger partial charge in [-0.15, -0.1) is 11.3 Å². The Morgan fingerprint density at radius 1 is 1.52 bits per heavy atom. The van der Waals surface area contributed by atoms with Crippen LogP contribution in [0.4, 0.5) is 4.39 Å². The summed E-state index contributed by atoms with van der Waals surface area (Å²) in [6, 6.07) is 4.30. The quantitative estimate of drug-likeness (QED) is 0.857. The van der Waals surface area contributed by atoms with Crippen molar-refractivity contribution in [1.82, 2.24) is 5.32 Å². The highest BCUT2D eigenvalue weighted by molar-refractivity contribution is 7.98. The van der Waals surface area contributed by atoms with Gasteiger partial charge >= 0.3 is 0 Å². The third-order valence-electron chi connectivity index (χ3n) is 3.33. The first kappa shape index (κ1) is 16.3. The van der Waals surface area contributed by atoms with Crippen LogP contribution in [-0.4, -0.2) is 35.7 Å². The second kappa shape index (κ2) is 7.24. The number of aliphatic hydroxyl groups is 1. The summed E-state index contributed by atoms with van der Waals surface area (Å²) in [5.74, 6) is 0.375. The van der Waals surface area contributed by atoms with Gasteiger partial charge in [0.05, 0.1) is 17.5 Å². The van der Waals surface area contributed by atoms with E-state index in [1.54, 1.807) is 17.8 Å². The normalized spacial score (nSPS) is 12.6. The first-order valence-electron chi connectivity index (χ1n) is 6.66. The van der Waals surface area contributed by atoms with Gasteiger partial charge in [0, 0.05) is 4.70 Å². The van der Waals surface area contributed by atoms with Gasteiger partial charge in [0.25, 0.3) is 5.91 Å². The fraction of sp³-hybridized carbons (Fsp3) is 0.400. The van der Waals surface area contributed by atoms with Gasteiger partial charge < -0.3 is 10.4 Å². The molecule has 0 unspecified atom stereocenters. The number of halogens is 1. The number of amides is 1. The molecule has 2 N–H and O–H groups in total. The van der Waals surface area contributed by atoms with Crippen molar-refractivity contribution in [2.24, 2.45) is 0 Å². The lowest BCUT2D eigenvalue weighted by Crippen LogP contribution is -2.37. The molecule has 0 aliphatic heterocycles. The van der Waals surface area contributed by atoms with Crippen LogP contribution in [-0.2, 0) is 0 Å². The first-order valence-corrected chi connectivity index (χ1v) is 8.87. The highest BCUT2D eigenvalue weighted by atomic mass is 32.2. The fourth-order valence-electron chi connectivity index (χ4n) is 2.13. The Morgan fingerprint density at radius 3 is 2.95 bits per heavy atom. The number of hydrogen-bond acceptors (Lipinski definition) is 4. The lowest BCUT2D eigenvalue weighted by atomic mass is 10.1. The number of carbonyl (C=O) groups is 1. The van der Waals surface area contributed by atoms with Crippen LogP contribution in [0.3, 0.4) is 0 Å². The Balaban J connectivity index is 2.21. The van der Waals surface area contributed by atoms with E-state index in [1.165, 1.54) is 23.5 Å². The molecule has 1 amide bonds. The Bertz CT molecular complexity index is 642. The lowest BCUT2D eigenvalue weighted by molar-refractivity contribution is 0.0919. The van der Waals surface area contributed by atoms with Gasteiger partial charge in [0.1, 0.15) is 5.82 Å². The van der Waals surface area contributed by atoms with E-state index in [2.05, 4.69) is 5.32 Å². The molecule has 1 aromatic carbocycles. The van der Waals surface area contributed by atoms with E-state index in [-0.39, 0.29) is 24.4 Å². The van der Waals surface area contributed by atoms with Crippen molar-refractivity contribution in [1.29, 1.82) is 0 Å². The van der Waals surface area contributed by atoms with Crippen molar-refractivity contribution in [3.8, 4) is 0 Å². The zero-order chi connectivity index (χ0) is 15.4. The Labute approximate surface area is 131 Å². The summed E-state index contributed by atoms with van der Waals surface area (Å²) in [4.78, 5) is 12.9. The monoisotopic (exact) mass is 327 g/mol. The van der Waals surface area contributed by atoms with E-state index < -0.39 is 0 Å². The number of hydrogen-bond donors (Lipinski definition) is 2. The van der Waals surface area contributed by atoms with Crippen LogP contribution in [0.25, 0.3) is 10.1 Å². The number of nitrogens with one attached hydrogen (secondary N) is 1. The molecule has 0 radical (unpaired) electrons. The molecule has 1 heterocycles. The number of benzene rings is 1. The van der Waals surface area contributed by atoms with E-state index >= 15 is 0 Å². The molecule has 114 valence electrons. The molecule has 3 nitrogen and oxygen atoms in total. The van der Waals surface area contributed by atoms with Crippen LogP contribution < -0.4 is 5.32 Å². The number of thioether (sulfide) groups is 1. The van der Waals surface area contributed by atoms with Gasteiger partial charge in [-0.1, -0.05) is 0 Å². The van der Waals surface area contributed by atoms with Crippen molar-refractivity contribution in [3.63, 3.8) is 0 Å². The third kappa shape index (κ3) is 3.75. The minimum absolute atomic E-state index is 0.0785. The largest absolute Gasteiger partial charge is 0.394 e. The maximum absolute atomic E-state index is 13.3. The molecule has 0 bridgehead atoms. The average molecular weight is 327 g/mol. The molecule has 2 rings (SSSR count). The molecule has 6 heteroatoms. The van der Waals surface area contributed by atoms with Gasteiger partial charge in [-0.05, 0) is 54.5 Å². The minimum Gasteiger partial charge on any atom is -0.394 e. The van der Waals surface area contributed by atoms with Gasteiger partial charge in [0.15, 0.2) is 0 Å². The average Bonchev–Trinajstić information content (AvgIpc) is 2.80. The molecule has 1 aromatic heterocycles. The molecule has 0 fully saturated rings. The van der Waals surface area contributed by atoms with Crippen LogP contribution in [0.1, 0.15) is 21.7 Å². The number of rotatable bonds is 6. The zero-order valence-corrected chi connectivity index (χ0v) is 13.6. The first-order chi connectivity index (χ1) is 10.1. The van der Waals surface area contributed by atoms with Crippen molar-refractivity contribution in [3.05, 3.63) is 34.5 Å². The molecule has 1 atom stereocenters. The van der Waals surface area contributed by atoms with Gasteiger partial charge in [-0.3, -0.25) is 4.79 Å². The molecule has 0 aliphatic rings. The van der Waals surface area contributed by atoms with Gasteiger partial charge in [0.2, 0.25) is 0 Å². The van der Waals surface area contributed by atoms with Crippen molar-refractivity contribution in [2.75, 3.05) is 18.6 Å². The number of fused-ring (bicyclic) bond motifs is 1. The lowest BCUT2D eigenvalue weighted by Gasteiger charge is -2.15. The highest BCUT2D eigenvalue weighted by Crippen LogP contribution is 2.31. The molecule has 0 saturated carbocycles. The summed E-state index contributed by atoms with van der Waals surface area (Å²) < 4.78 is 14.2. The van der Waals surface area contributed by atoms with E-state index in [1.807, 2.05) is 13.2 Å². The predicted octanol–water partition coefficient (Wildman–Crippen LogP) is 3.19. The summed E-state index contributed by atoms with van der Waals surface area (Å²) in [6.45, 7) is 1.74. The molecule has 21 heavy (non-hydrogen) atoms. The third-order valence-corrected chi connectivity index (χ3v) is 5.25. The van der Waals surface area contributed by atoms with Crippen molar-refractivity contribution >= 4 is 39.1 Å². The molecule has 2 aromatic rings. The number of thiophene rings is 1. The maximum Gasteiger partial charge on any atom is 0.261 e. The molecule has 0 aliphatic carbocycles. The summed E-state index contributed by atoms with van der Waals surface area (Å²) in [7, 11) is 0. The number of carbonyl (C=O) groups excluding carboxylic acids is 1. The Morgan fingerprint density at radius 2 is 2.29 bits per heavy atom. The topological polar surface area (TPSA) is 49.3 Å². The fourth-order valence-corrected chi connectivity index (χ4v) is 3.74. The number of aryl methyl sites for hydroxylation is 1. The van der Waals surface area contributed by atoms with Crippen LogP contribution in [0.15, 0.2) is 18.2 Å². The van der Waals surface area contributed by atoms with Crippen LogP contribution in [0.5, 0.6) is 0 Å².